The van der Waals surface area contributed by atoms with Crippen molar-refractivity contribution in [3.63, 3.8) is 0 Å². The molecule has 1 fully saturated rings. The monoisotopic (exact) mass is 280 g/mol. The van der Waals surface area contributed by atoms with Gasteiger partial charge in [-0.05, 0) is 64.8 Å². The summed E-state index contributed by atoms with van der Waals surface area (Å²) in [4.78, 5) is 5.57. The molecular formula is C16H28N2S. The summed E-state index contributed by atoms with van der Waals surface area (Å²) in [7, 11) is 0. The molecule has 2 rings (SSSR count). The van der Waals surface area contributed by atoms with Crippen LogP contribution in [-0.4, -0.2) is 30.6 Å². The van der Waals surface area contributed by atoms with E-state index >= 15 is 0 Å². The summed E-state index contributed by atoms with van der Waals surface area (Å²) in [6.07, 6.45) is 2.51. The van der Waals surface area contributed by atoms with E-state index in [1.54, 1.807) is 0 Å². The molecule has 0 bridgehead atoms. The fourth-order valence-electron chi connectivity index (χ4n) is 2.76. The van der Waals surface area contributed by atoms with Crippen molar-refractivity contribution in [1.82, 2.24) is 10.2 Å². The summed E-state index contributed by atoms with van der Waals surface area (Å²) < 4.78 is 0. The van der Waals surface area contributed by atoms with Gasteiger partial charge < -0.3 is 10.2 Å². The van der Waals surface area contributed by atoms with E-state index in [4.69, 9.17) is 0 Å². The minimum atomic E-state index is 0.499. The van der Waals surface area contributed by atoms with Crippen LogP contribution in [0.3, 0.4) is 0 Å². The van der Waals surface area contributed by atoms with E-state index in [-0.39, 0.29) is 0 Å². The van der Waals surface area contributed by atoms with E-state index in [1.807, 2.05) is 11.3 Å². The maximum Gasteiger partial charge on any atom is 0.0386 e. The highest BCUT2D eigenvalue weighted by Crippen LogP contribution is 2.24. The smallest absolute Gasteiger partial charge is 0.0386 e. The first kappa shape index (κ1) is 15.0. The zero-order valence-electron chi connectivity index (χ0n) is 12.8. The molecule has 0 saturated carbocycles. The maximum absolute atomic E-state index is 3.72. The summed E-state index contributed by atoms with van der Waals surface area (Å²) >= 11 is 1.96. The number of nitrogens with one attached hydrogen (secondary N) is 1. The van der Waals surface area contributed by atoms with Gasteiger partial charge in [-0.15, -0.1) is 11.3 Å². The Kier molecular flexibility index (Phi) is 5.43. The minimum absolute atomic E-state index is 0.499. The molecule has 19 heavy (non-hydrogen) atoms. The minimum Gasteiger partial charge on any atom is -0.309 e. The normalized spacial score (nSPS) is 22.3. The fraction of sp³-hybridized carbons (Fsp3) is 0.750. The molecule has 2 unspecified atom stereocenters. The van der Waals surface area contributed by atoms with E-state index in [9.17, 15) is 0 Å². The van der Waals surface area contributed by atoms with Crippen LogP contribution in [0, 0.1) is 5.92 Å². The highest BCUT2D eigenvalue weighted by Gasteiger charge is 2.24. The average Bonchev–Trinajstić information content (AvgIpc) is 3.04. The summed E-state index contributed by atoms with van der Waals surface area (Å²) in [5.41, 5.74) is 0. The third-order valence-electron chi connectivity index (χ3n) is 4.22. The van der Waals surface area contributed by atoms with Gasteiger partial charge in [-0.25, -0.2) is 0 Å². The van der Waals surface area contributed by atoms with E-state index in [2.05, 4.69) is 50.0 Å². The number of thiophene rings is 1. The first-order chi connectivity index (χ1) is 9.10. The van der Waals surface area contributed by atoms with E-state index < -0.39 is 0 Å². The molecule has 1 aliphatic heterocycles. The number of hydrogen-bond donors (Lipinski definition) is 1. The average molecular weight is 280 g/mol. The van der Waals surface area contributed by atoms with Gasteiger partial charge in [0.25, 0.3) is 0 Å². The summed E-state index contributed by atoms with van der Waals surface area (Å²) in [6.45, 7) is 12.8. The van der Waals surface area contributed by atoms with Crippen LogP contribution in [0.15, 0.2) is 12.1 Å². The Balaban J connectivity index is 1.76. The van der Waals surface area contributed by atoms with Crippen LogP contribution in [-0.2, 0) is 6.42 Å². The molecule has 0 aromatic carbocycles. The highest BCUT2D eigenvalue weighted by molar-refractivity contribution is 7.12. The number of rotatable bonds is 6. The molecular weight excluding hydrogens is 252 g/mol. The predicted molar refractivity (Wildman–Crippen MR) is 84.9 cm³/mol. The molecule has 0 amide bonds. The van der Waals surface area contributed by atoms with Crippen LogP contribution in [0.2, 0.25) is 0 Å². The summed E-state index contributed by atoms with van der Waals surface area (Å²) in [5.74, 6) is 0.829. The largest absolute Gasteiger partial charge is 0.309 e. The third-order valence-corrected chi connectivity index (χ3v) is 5.63. The van der Waals surface area contributed by atoms with Crippen molar-refractivity contribution >= 4 is 11.3 Å². The van der Waals surface area contributed by atoms with E-state index in [1.165, 1.54) is 29.3 Å². The summed E-state index contributed by atoms with van der Waals surface area (Å²) in [5, 5.41) is 3.72. The van der Waals surface area contributed by atoms with Gasteiger partial charge in [0.2, 0.25) is 0 Å². The van der Waals surface area contributed by atoms with Crippen molar-refractivity contribution in [2.45, 2.75) is 52.6 Å². The van der Waals surface area contributed by atoms with Gasteiger partial charge in [0.1, 0.15) is 0 Å². The lowest BCUT2D eigenvalue weighted by Crippen LogP contribution is -2.31. The Hall–Kier alpha value is -0.380. The van der Waals surface area contributed by atoms with Crippen molar-refractivity contribution in [2.24, 2.45) is 5.92 Å². The standard InChI is InChI=1S/C16H28N2S/c1-5-15-6-7-16(19-15)13(4)17-10-14-8-9-18(11-14)12(2)3/h6-7,12-14,17H,5,8-11H2,1-4H3. The van der Waals surface area contributed by atoms with Gasteiger partial charge in [0.05, 0.1) is 0 Å². The number of hydrogen-bond acceptors (Lipinski definition) is 3. The zero-order chi connectivity index (χ0) is 13.8. The molecule has 0 aliphatic carbocycles. The van der Waals surface area contributed by atoms with E-state index in [0.717, 1.165) is 18.9 Å². The number of aryl methyl sites for hydroxylation is 1. The molecule has 1 aromatic heterocycles. The van der Waals surface area contributed by atoms with Crippen molar-refractivity contribution in [3.05, 3.63) is 21.9 Å². The topological polar surface area (TPSA) is 15.3 Å². The SMILES string of the molecule is CCc1ccc(C(C)NCC2CCN(C(C)C)C2)s1. The van der Waals surface area contributed by atoms with Gasteiger partial charge in [-0.2, -0.15) is 0 Å². The van der Waals surface area contributed by atoms with Crippen molar-refractivity contribution in [2.75, 3.05) is 19.6 Å². The molecule has 2 nitrogen and oxygen atoms in total. The highest BCUT2D eigenvalue weighted by atomic mass is 32.1. The molecule has 1 aliphatic rings. The van der Waals surface area contributed by atoms with Crippen molar-refractivity contribution in [1.29, 1.82) is 0 Å². The Labute approximate surface area is 122 Å². The first-order valence-corrected chi connectivity index (χ1v) is 8.47. The first-order valence-electron chi connectivity index (χ1n) is 7.66. The number of likely N-dealkylation sites (tertiary alicyclic amines) is 1. The van der Waals surface area contributed by atoms with Crippen LogP contribution in [0.4, 0.5) is 0 Å². The lowest BCUT2D eigenvalue weighted by Gasteiger charge is -2.21. The zero-order valence-corrected chi connectivity index (χ0v) is 13.6. The summed E-state index contributed by atoms with van der Waals surface area (Å²) in [6, 6.07) is 5.76. The molecule has 108 valence electrons. The third kappa shape index (κ3) is 4.04. The van der Waals surface area contributed by atoms with Gasteiger partial charge >= 0.3 is 0 Å². The lowest BCUT2D eigenvalue weighted by molar-refractivity contribution is 0.263. The molecule has 1 N–H and O–H groups in total. The van der Waals surface area contributed by atoms with E-state index in [0.29, 0.717) is 12.1 Å². The molecule has 1 aromatic rings. The van der Waals surface area contributed by atoms with Crippen LogP contribution < -0.4 is 5.32 Å². The second-order valence-corrected chi connectivity index (χ2v) is 7.23. The van der Waals surface area contributed by atoms with Gasteiger partial charge in [0, 0.05) is 28.4 Å². The quantitative estimate of drug-likeness (QED) is 0.855. The molecule has 2 heterocycles. The molecule has 0 spiro atoms. The molecule has 3 heteroatoms. The van der Waals surface area contributed by atoms with Crippen LogP contribution in [0.25, 0.3) is 0 Å². The van der Waals surface area contributed by atoms with Gasteiger partial charge in [-0.3, -0.25) is 0 Å². The van der Waals surface area contributed by atoms with Gasteiger partial charge in [-0.1, -0.05) is 6.92 Å². The molecule has 2 atom stereocenters. The Morgan fingerprint density at radius 3 is 2.74 bits per heavy atom. The predicted octanol–water partition coefficient (Wildman–Crippen LogP) is 3.69. The molecule has 0 radical (unpaired) electrons. The van der Waals surface area contributed by atoms with Crippen molar-refractivity contribution < 1.29 is 0 Å². The Morgan fingerprint density at radius 2 is 2.16 bits per heavy atom. The Morgan fingerprint density at radius 1 is 1.37 bits per heavy atom. The lowest BCUT2D eigenvalue weighted by atomic mass is 10.1. The fourth-order valence-corrected chi connectivity index (χ4v) is 3.74. The van der Waals surface area contributed by atoms with Crippen LogP contribution in [0.5, 0.6) is 0 Å². The molecule has 1 saturated heterocycles. The van der Waals surface area contributed by atoms with Crippen LogP contribution >= 0.6 is 11.3 Å². The van der Waals surface area contributed by atoms with Gasteiger partial charge in [0.15, 0.2) is 0 Å². The second kappa shape index (κ2) is 6.87. The number of nitrogens with zero attached hydrogens (tertiary/aromatic N) is 1. The Bertz CT molecular complexity index is 386. The van der Waals surface area contributed by atoms with Crippen molar-refractivity contribution in [3.8, 4) is 0 Å². The second-order valence-electron chi connectivity index (χ2n) is 6.03. The maximum atomic E-state index is 3.72. The van der Waals surface area contributed by atoms with Crippen LogP contribution in [0.1, 0.15) is 49.9 Å².